The van der Waals surface area contributed by atoms with Gasteiger partial charge < -0.3 is 9.72 Å². The summed E-state index contributed by atoms with van der Waals surface area (Å²) in [6.45, 7) is 2.01. The van der Waals surface area contributed by atoms with Crippen molar-refractivity contribution in [2.45, 2.75) is 6.92 Å². The second-order valence-electron chi connectivity index (χ2n) is 4.49. The molecular formula is C15H13ClN2O. The highest BCUT2D eigenvalue weighted by Gasteiger charge is 2.07. The lowest BCUT2D eigenvalue weighted by Gasteiger charge is -2.00. The molecular weight excluding hydrogens is 260 g/mol. The van der Waals surface area contributed by atoms with Crippen LogP contribution < -0.4 is 4.74 Å². The van der Waals surface area contributed by atoms with Gasteiger partial charge in [-0.05, 0) is 42.8 Å². The fourth-order valence-corrected chi connectivity index (χ4v) is 2.42. The highest BCUT2D eigenvalue weighted by atomic mass is 35.5. The van der Waals surface area contributed by atoms with E-state index in [-0.39, 0.29) is 0 Å². The minimum absolute atomic E-state index is 0.716. The van der Waals surface area contributed by atoms with Crippen LogP contribution in [0.3, 0.4) is 0 Å². The Morgan fingerprint density at radius 2 is 2.00 bits per heavy atom. The standard InChI is InChI=1S/C15H13ClN2O/c1-9-5-10(7-11(16)6-9)15-17-13-4-3-12(19-2)8-14(13)18-15/h3-8H,1-2H3,(H,17,18). The number of halogens is 1. The normalized spacial score (nSPS) is 10.9. The zero-order chi connectivity index (χ0) is 13.4. The Kier molecular flexibility index (Phi) is 2.91. The van der Waals surface area contributed by atoms with Crippen molar-refractivity contribution >= 4 is 22.6 Å². The number of fused-ring (bicyclic) bond motifs is 1. The molecule has 0 aliphatic heterocycles. The van der Waals surface area contributed by atoms with Crippen molar-refractivity contribution in [3.8, 4) is 17.1 Å². The number of hydrogen-bond donors (Lipinski definition) is 1. The first-order valence-electron chi connectivity index (χ1n) is 5.97. The number of aromatic nitrogens is 2. The third-order valence-corrected chi connectivity index (χ3v) is 3.22. The average molecular weight is 273 g/mol. The molecule has 1 N–H and O–H groups in total. The highest BCUT2D eigenvalue weighted by Crippen LogP contribution is 2.26. The topological polar surface area (TPSA) is 37.9 Å². The second kappa shape index (κ2) is 4.59. The summed E-state index contributed by atoms with van der Waals surface area (Å²) in [5.41, 5.74) is 3.96. The van der Waals surface area contributed by atoms with Crippen molar-refractivity contribution < 1.29 is 4.74 Å². The van der Waals surface area contributed by atoms with Gasteiger partial charge in [-0.25, -0.2) is 4.98 Å². The molecule has 0 unspecified atom stereocenters. The van der Waals surface area contributed by atoms with Crippen LogP contribution in [0.4, 0.5) is 0 Å². The van der Waals surface area contributed by atoms with Crippen LogP contribution in [0.25, 0.3) is 22.4 Å². The maximum Gasteiger partial charge on any atom is 0.138 e. The van der Waals surface area contributed by atoms with Crippen molar-refractivity contribution in [1.82, 2.24) is 9.97 Å². The molecule has 0 aliphatic carbocycles. The third kappa shape index (κ3) is 2.29. The van der Waals surface area contributed by atoms with Gasteiger partial charge in [-0.1, -0.05) is 11.6 Å². The summed E-state index contributed by atoms with van der Waals surface area (Å²) in [4.78, 5) is 7.86. The van der Waals surface area contributed by atoms with E-state index in [9.17, 15) is 0 Å². The summed E-state index contributed by atoms with van der Waals surface area (Å²) < 4.78 is 5.21. The SMILES string of the molecule is COc1ccc2nc(-c3cc(C)cc(Cl)c3)[nH]c2c1. The molecule has 0 radical (unpaired) electrons. The molecule has 3 nitrogen and oxygen atoms in total. The molecule has 0 aliphatic rings. The molecule has 0 saturated heterocycles. The molecule has 4 heteroatoms. The Morgan fingerprint density at radius 1 is 1.16 bits per heavy atom. The van der Waals surface area contributed by atoms with Crippen molar-refractivity contribution in [3.63, 3.8) is 0 Å². The fraction of sp³-hybridized carbons (Fsp3) is 0.133. The van der Waals surface area contributed by atoms with Crippen molar-refractivity contribution in [2.75, 3.05) is 7.11 Å². The van der Waals surface area contributed by atoms with Gasteiger partial charge >= 0.3 is 0 Å². The first-order valence-corrected chi connectivity index (χ1v) is 6.35. The number of rotatable bonds is 2. The lowest BCUT2D eigenvalue weighted by molar-refractivity contribution is 0.415. The van der Waals surface area contributed by atoms with E-state index in [1.807, 2.05) is 37.3 Å². The molecule has 3 aromatic rings. The number of H-pyrrole nitrogens is 1. The van der Waals surface area contributed by atoms with Crippen LogP contribution in [-0.4, -0.2) is 17.1 Å². The Balaban J connectivity index is 2.14. The lowest BCUT2D eigenvalue weighted by atomic mass is 10.1. The van der Waals surface area contributed by atoms with Gasteiger partial charge in [0.1, 0.15) is 11.6 Å². The predicted octanol–water partition coefficient (Wildman–Crippen LogP) is 4.20. The third-order valence-electron chi connectivity index (χ3n) is 3.00. The quantitative estimate of drug-likeness (QED) is 0.759. The summed E-state index contributed by atoms with van der Waals surface area (Å²) in [5.74, 6) is 1.62. The number of methoxy groups -OCH3 is 1. The van der Waals surface area contributed by atoms with Gasteiger partial charge in [-0.3, -0.25) is 0 Å². The minimum Gasteiger partial charge on any atom is -0.497 e. The zero-order valence-electron chi connectivity index (χ0n) is 10.7. The van der Waals surface area contributed by atoms with Gasteiger partial charge in [0.05, 0.1) is 18.1 Å². The number of ether oxygens (including phenoxy) is 1. The number of aryl methyl sites for hydroxylation is 1. The van der Waals surface area contributed by atoms with Gasteiger partial charge in [0.2, 0.25) is 0 Å². The smallest absolute Gasteiger partial charge is 0.138 e. The molecule has 0 spiro atoms. The maximum atomic E-state index is 6.08. The number of imidazole rings is 1. The Labute approximate surface area is 116 Å². The van der Waals surface area contributed by atoms with E-state index in [1.54, 1.807) is 7.11 Å². The molecule has 1 heterocycles. The average Bonchev–Trinajstić information content (AvgIpc) is 2.80. The van der Waals surface area contributed by atoms with E-state index < -0.39 is 0 Å². The van der Waals surface area contributed by atoms with E-state index in [0.717, 1.165) is 33.7 Å². The molecule has 2 aromatic carbocycles. The molecule has 0 fully saturated rings. The van der Waals surface area contributed by atoms with E-state index in [2.05, 4.69) is 16.0 Å². The van der Waals surface area contributed by atoms with Gasteiger partial charge in [0.25, 0.3) is 0 Å². The van der Waals surface area contributed by atoms with Crippen LogP contribution in [0, 0.1) is 6.92 Å². The summed E-state index contributed by atoms with van der Waals surface area (Å²) in [7, 11) is 1.65. The number of nitrogens with one attached hydrogen (secondary N) is 1. The second-order valence-corrected chi connectivity index (χ2v) is 4.92. The largest absolute Gasteiger partial charge is 0.497 e. The first kappa shape index (κ1) is 12.1. The highest BCUT2D eigenvalue weighted by molar-refractivity contribution is 6.30. The van der Waals surface area contributed by atoms with Crippen molar-refractivity contribution in [2.24, 2.45) is 0 Å². The number of aromatic amines is 1. The lowest BCUT2D eigenvalue weighted by Crippen LogP contribution is -1.82. The molecule has 96 valence electrons. The van der Waals surface area contributed by atoms with E-state index >= 15 is 0 Å². The van der Waals surface area contributed by atoms with Crippen LogP contribution in [-0.2, 0) is 0 Å². The monoisotopic (exact) mass is 272 g/mol. The number of hydrogen-bond acceptors (Lipinski definition) is 2. The van der Waals surface area contributed by atoms with Gasteiger partial charge in [-0.2, -0.15) is 0 Å². The van der Waals surface area contributed by atoms with E-state index in [1.165, 1.54) is 0 Å². The zero-order valence-corrected chi connectivity index (χ0v) is 11.5. The van der Waals surface area contributed by atoms with Gasteiger partial charge in [0.15, 0.2) is 0 Å². The maximum absolute atomic E-state index is 6.08. The molecule has 0 amide bonds. The van der Waals surface area contributed by atoms with Crippen LogP contribution >= 0.6 is 11.6 Å². The number of benzene rings is 2. The van der Waals surface area contributed by atoms with E-state index in [0.29, 0.717) is 5.02 Å². The van der Waals surface area contributed by atoms with Crippen molar-refractivity contribution in [3.05, 3.63) is 47.0 Å². The molecule has 3 rings (SSSR count). The van der Waals surface area contributed by atoms with Crippen molar-refractivity contribution in [1.29, 1.82) is 0 Å². The predicted molar refractivity (Wildman–Crippen MR) is 77.8 cm³/mol. The minimum atomic E-state index is 0.716. The van der Waals surface area contributed by atoms with Gasteiger partial charge in [-0.15, -0.1) is 0 Å². The molecule has 0 atom stereocenters. The van der Waals surface area contributed by atoms with Crippen LogP contribution in [0.5, 0.6) is 5.75 Å². The molecule has 0 saturated carbocycles. The van der Waals surface area contributed by atoms with Crippen LogP contribution in [0.2, 0.25) is 5.02 Å². The fourth-order valence-electron chi connectivity index (χ4n) is 2.13. The molecule has 0 bridgehead atoms. The molecule has 19 heavy (non-hydrogen) atoms. The summed E-state index contributed by atoms with van der Waals surface area (Å²) >= 11 is 6.08. The summed E-state index contributed by atoms with van der Waals surface area (Å²) in [5, 5.41) is 0.716. The van der Waals surface area contributed by atoms with Crippen LogP contribution in [0.1, 0.15) is 5.56 Å². The van der Waals surface area contributed by atoms with E-state index in [4.69, 9.17) is 16.3 Å². The number of nitrogens with zero attached hydrogens (tertiary/aromatic N) is 1. The van der Waals surface area contributed by atoms with Crippen LogP contribution in [0.15, 0.2) is 36.4 Å². The summed E-state index contributed by atoms with van der Waals surface area (Å²) in [6.07, 6.45) is 0. The molecule has 1 aromatic heterocycles. The Bertz CT molecular complexity index is 729. The first-order chi connectivity index (χ1) is 9.15. The Morgan fingerprint density at radius 3 is 2.74 bits per heavy atom. The summed E-state index contributed by atoms with van der Waals surface area (Å²) in [6, 6.07) is 11.7. The Hall–Kier alpha value is -2.00. The van der Waals surface area contributed by atoms with Gasteiger partial charge in [0, 0.05) is 16.7 Å².